The van der Waals surface area contributed by atoms with Crippen LogP contribution in [0, 0.1) is 0 Å². The maximum absolute atomic E-state index is 12.9. The van der Waals surface area contributed by atoms with Gasteiger partial charge in [-0.1, -0.05) is 38.0 Å². The van der Waals surface area contributed by atoms with E-state index in [1.807, 2.05) is 29.2 Å². The summed E-state index contributed by atoms with van der Waals surface area (Å²) >= 11 is 0. The summed E-state index contributed by atoms with van der Waals surface area (Å²) in [6, 6.07) is 6.70. The molecule has 3 amide bonds. The lowest BCUT2D eigenvalue weighted by Crippen LogP contribution is -2.44. The number of methoxy groups -OCH3 is 1. The van der Waals surface area contributed by atoms with Crippen LogP contribution in [0.15, 0.2) is 35.5 Å². The Morgan fingerprint density at radius 1 is 1.25 bits per heavy atom. The Labute approximate surface area is 141 Å². The van der Waals surface area contributed by atoms with Crippen molar-refractivity contribution in [2.45, 2.75) is 32.2 Å². The first-order valence-electron chi connectivity index (χ1n) is 8.38. The fourth-order valence-corrected chi connectivity index (χ4v) is 3.30. The van der Waals surface area contributed by atoms with Crippen LogP contribution >= 0.6 is 0 Å². The molecule has 0 fully saturated rings. The molecule has 2 aliphatic heterocycles. The number of carbonyl (C=O) groups is 2. The van der Waals surface area contributed by atoms with Crippen LogP contribution in [0.5, 0.6) is 5.75 Å². The molecule has 0 aromatic heterocycles. The van der Waals surface area contributed by atoms with E-state index in [0.29, 0.717) is 30.1 Å². The van der Waals surface area contributed by atoms with Gasteiger partial charge in [-0.25, -0.2) is 4.79 Å². The van der Waals surface area contributed by atoms with Crippen molar-refractivity contribution in [1.29, 1.82) is 0 Å². The summed E-state index contributed by atoms with van der Waals surface area (Å²) in [5, 5.41) is 5.65. The number of hydrogen-bond acceptors (Lipinski definition) is 3. The van der Waals surface area contributed by atoms with E-state index in [1.165, 1.54) is 0 Å². The molecular weight excluding hydrogens is 306 g/mol. The lowest BCUT2D eigenvalue weighted by molar-refractivity contribution is -0.125. The molecule has 1 aromatic carbocycles. The van der Waals surface area contributed by atoms with E-state index in [-0.39, 0.29) is 11.9 Å². The number of rotatable bonds is 6. The number of nitrogens with one attached hydrogen (secondary N) is 2. The Balaban J connectivity index is 1.89. The minimum atomic E-state index is -0.478. The highest BCUT2D eigenvalue weighted by atomic mass is 16.5. The monoisotopic (exact) mass is 329 g/mol. The second-order valence-corrected chi connectivity index (χ2v) is 6.10. The van der Waals surface area contributed by atoms with Crippen LogP contribution in [-0.2, 0) is 4.79 Å². The SMILES string of the molecule is CCCCCN1CC2=C(C1=O)[C@H](c1ccccc1OC)NC(=O)N2. The van der Waals surface area contributed by atoms with Crippen molar-refractivity contribution >= 4 is 11.9 Å². The van der Waals surface area contributed by atoms with Gasteiger partial charge in [-0.05, 0) is 12.5 Å². The number of nitrogens with zero attached hydrogens (tertiary/aromatic N) is 1. The third-order valence-corrected chi connectivity index (χ3v) is 4.50. The van der Waals surface area contributed by atoms with Crippen molar-refractivity contribution in [3.63, 3.8) is 0 Å². The molecule has 3 rings (SSSR count). The normalized spacial score (nSPS) is 19.9. The highest BCUT2D eigenvalue weighted by Gasteiger charge is 2.40. The molecule has 0 bridgehead atoms. The topological polar surface area (TPSA) is 70.7 Å². The maximum atomic E-state index is 12.9. The summed E-state index contributed by atoms with van der Waals surface area (Å²) < 4.78 is 5.40. The number of urea groups is 1. The van der Waals surface area contributed by atoms with Gasteiger partial charge in [0, 0.05) is 12.1 Å². The minimum absolute atomic E-state index is 0.00971. The van der Waals surface area contributed by atoms with Crippen LogP contribution in [0.25, 0.3) is 0 Å². The molecule has 6 nitrogen and oxygen atoms in total. The van der Waals surface area contributed by atoms with Gasteiger partial charge in [0.2, 0.25) is 0 Å². The van der Waals surface area contributed by atoms with Crippen LogP contribution in [0.1, 0.15) is 37.8 Å². The van der Waals surface area contributed by atoms with Gasteiger partial charge >= 0.3 is 6.03 Å². The van der Waals surface area contributed by atoms with Crippen molar-refractivity contribution in [1.82, 2.24) is 15.5 Å². The van der Waals surface area contributed by atoms with E-state index in [1.54, 1.807) is 7.11 Å². The third kappa shape index (κ3) is 2.96. The molecule has 0 spiro atoms. The Hall–Kier alpha value is -2.50. The molecular formula is C18H23N3O3. The predicted molar refractivity (Wildman–Crippen MR) is 90.5 cm³/mol. The van der Waals surface area contributed by atoms with Crippen molar-refractivity contribution in [2.24, 2.45) is 0 Å². The fraction of sp³-hybridized carbons (Fsp3) is 0.444. The number of benzene rings is 1. The Bertz CT molecular complexity index is 684. The molecule has 2 aliphatic rings. The van der Waals surface area contributed by atoms with Gasteiger partial charge < -0.3 is 20.3 Å². The van der Waals surface area contributed by atoms with Gasteiger partial charge in [0.1, 0.15) is 5.75 Å². The zero-order valence-corrected chi connectivity index (χ0v) is 14.1. The Kier molecular flexibility index (Phi) is 4.74. The summed E-state index contributed by atoms with van der Waals surface area (Å²) in [6.45, 7) is 3.32. The lowest BCUT2D eigenvalue weighted by atomic mass is 9.95. The predicted octanol–water partition coefficient (Wildman–Crippen LogP) is 2.34. The van der Waals surface area contributed by atoms with Crippen molar-refractivity contribution in [3.8, 4) is 5.75 Å². The first-order valence-corrected chi connectivity index (χ1v) is 8.38. The molecule has 0 saturated heterocycles. The molecule has 24 heavy (non-hydrogen) atoms. The smallest absolute Gasteiger partial charge is 0.319 e. The van der Waals surface area contributed by atoms with Crippen molar-refractivity contribution < 1.29 is 14.3 Å². The number of ether oxygens (including phenoxy) is 1. The van der Waals surface area contributed by atoms with Crippen LogP contribution in [0.3, 0.4) is 0 Å². The molecule has 2 N–H and O–H groups in total. The first kappa shape index (κ1) is 16.4. The van der Waals surface area contributed by atoms with Crippen molar-refractivity contribution in [2.75, 3.05) is 20.2 Å². The maximum Gasteiger partial charge on any atom is 0.319 e. The number of unbranched alkanes of at least 4 members (excludes halogenated alkanes) is 2. The van der Waals surface area contributed by atoms with E-state index in [0.717, 1.165) is 24.8 Å². The van der Waals surface area contributed by atoms with Gasteiger partial charge in [-0.15, -0.1) is 0 Å². The van der Waals surface area contributed by atoms with E-state index < -0.39 is 6.04 Å². The minimum Gasteiger partial charge on any atom is -0.496 e. The lowest BCUT2D eigenvalue weighted by Gasteiger charge is -2.26. The van der Waals surface area contributed by atoms with Gasteiger partial charge in [-0.3, -0.25) is 4.79 Å². The summed E-state index contributed by atoms with van der Waals surface area (Å²) in [5.74, 6) is 0.651. The quantitative estimate of drug-likeness (QED) is 0.787. The fourth-order valence-electron chi connectivity index (χ4n) is 3.30. The standard InChI is InChI=1S/C18H23N3O3/c1-3-4-7-10-21-11-13-15(17(21)22)16(20-18(23)19-13)12-8-5-6-9-14(12)24-2/h5-6,8-9,16H,3-4,7,10-11H2,1-2H3,(H2,19,20,23)/t16-/m0/s1. The summed E-state index contributed by atoms with van der Waals surface area (Å²) in [7, 11) is 1.59. The van der Waals surface area contributed by atoms with Gasteiger partial charge in [0.25, 0.3) is 5.91 Å². The third-order valence-electron chi connectivity index (χ3n) is 4.50. The highest BCUT2D eigenvalue weighted by Crippen LogP contribution is 2.36. The van der Waals surface area contributed by atoms with E-state index in [9.17, 15) is 9.59 Å². The molecule has 0 aliphatic carbocycles. The van der Waals surface area contributed by atoms with Gasteiger partial charge in [0.15, 0.2) is 0 Å². The molecule has 0 unspecified atom stereocenters. The summed E-state index contributed by atoms with van der Waals surface area (Å²) in [5.41, 5.74) is 2.12. The summed E-state index contributed by atoms with van der Waals surface area (Å²) in [4.78, 5) is 26.7. The molecule has 0 saturated carbocycles. The summed E-state index contributed by atoms with van der Waals surface area (Å²) in [6.07, 6.45) is 3.18. The highest BCUT2D eigenvalue weighted by molar-refractivity contribution is 6.01. The van der Waals surface area contributed by atoms with E-state index >= 15 is 0 Å². The van der Waals surface area contributed by atoms with Crippen LogP contribution in [0.4, 0.5) is 4.79 Å². The molecule has 2 heterocycles. The number of carbonyl (C=O) groups excluding carboxylic acids is 2. The van der Waals surface area contributed by atoms with Crippen LogP contribution in [0.2, 0.25) is 0 Å². The Morgan fingerprint density at radius 2 is 2.04 bits per heavy atom. The molecule has 0 radical (unpaired) electrons. The van der Waals surface area contributed by atoms with Gasteiger partial charge in [0.05, 0.1) is 31.0 Å². The number of amides is 3. The zero-order valence-electron chi connectivity index (χ0n) is 14.1. The molecule has 1 aromatic rings. The number of para-hydroxylation sites is 1. The molecule has 1 atom stereocenters. The van der Waals surface area contributed by atoms with Gasteiger partial charge in [-0.2, -0.15) is 0 Å². The van der Waals surface area contributed by atoms with E-state index in [4.69, 9.17) is 4.74 Å². The first-order chi connectivity index (χ1) is 11.7. The second kappa shape index (κ2) is 6.95. The average molecular weight is 329 g/mol. The Morgan fingerprint density at radius 3 is 2.79 bits per heavy atom. The second-order valence-electron chi connectivity index (χ2n) is 6.10. The van der Waals surface area contributed by atoms with E-state index in [2.05, 4.69) is 17.6 Å². The van der Waals surface area contributed by atoms with Crippen LogP contribution < -0.4 is 15.4 Å². The average Bonchev–Trinajstić information content (AvgIpc) is 2.90. The molecule has 6 heteroatoms. The zero-order chi connectivity index (χ0) is 17.1. The van der Waals surface area contributed by atoms with Crippen LogP contribution in [-0.4, -0.2) is 37.0 Å². The van der Waals surface area contributed by atoms with Crippen molar-refractivity contribution in [3.05, 3.63) is 41.1 Å². The largest absolute Gasteiger partial charge is 0.496 e. The number of hydrogen-bond donors (Lipinski definition) is 2. The molecule has 128 valence electrons.